The lowest BCUT2D eigenvalue weighted by Crippen LogP contribution is -2.18. The van der Waals surface area contributed by atoms with Crippen LogP contribution in [0.2, 0.25) is 10.2 Å². The molecular formula is C12H9Cl2FN2O2S. The van der Waals surface area contributed by atoms with Gasteiger partial charge in [0.2, 0.25) is 0 Å². The van der Waals surface area contributed by atoms with Crippen molar-refractivity contribution in [1.82, 2.24) is 9.78 Å². The average molecular weight is 335 g/mol. The number of benzene rings is 1. The standard InChI is InChI=1S/C12H9Cl2FN2O2S/c13-7-1-2-11(9(15)5-7)17-12(14)8-6-20(18,19)4-3-10(8)16-17/h1-2,5H,3-4,6H2. The molecule has 0 spiro atoms. The van der Waals surface area contributed by atoms with E-state index in [9.17, 15) is 12.8 Å². The summed E-state index contributed by atoms with van der Waals surface area (Å²) < 4.78 is 38.4. The zero-order valence-electron chi connectivity index (χ0n) is 10.1. The van der Waals surface area contributed by atoms with Crippen molar-refractivity contribution >= 4 is 33.0 Å². The molecule has 1 aromatic heterocycles. The Kier molecular flexibility index (Phi) is 3.27. The molecule has 0 amide bonds. The minimum absolute atomic E-state index is 0.0381. The van der Waals surface area contributed by atoms with E-state index in [1.165, 1.54) is 16.8 Å². The fourth-order valence-electron chi connectivity index (χ4n) is 2.17. The topological polar surface area (TPSA) is 52.0 Å². The largest absolute Gasteiger partial charge is 0.228 e. The summed E-state index contributed by atoms with van der Waals surface area (Å²) in [4.78, 5) is 0. The Labute approximate surface area is 125 Å². The first-order chi connectivity index (χ1) is 9.37. The molecule has 1 aliphatic heterocycles. The van der Waals surface area contributed by atoms with Crippen LogP contribution < -0.4 is 0 Å². The maximum Gasteiger partial charge on any atom is 0.155 e. The summed E-state index contributed by atoms with van der Waals surface area (Å²) in [5.74, 6) is -0.686. The molecule has 1 aliphatic rings. The van der Waals surface area contributed by atoms with Crippen molar-refractivity contribution in [3.63, 3.8) is 0 Å². The average Bonchev–Trinajstić information content (AvgIpc) is 2.66. The van der Waals surface area contributed by atoms with Crippen molar-refractivity contribution in [3.8, 4) is 5.69 Å². The molecule has 0 fully saturated rings. The van der Waals surface area contributed by atoms with E-state index in [0.29, 0.717) is 17.7 Å². The lowest BCUT2D eigenvalue weighted by molar-refractivity contribution is 0.590. The molecule has 2 aromatic rings. The normalized spacial score (nSPS) is 16.9. The Bertz CT molecular complexity index is 802. The summed E-state index contributed by atoms with van der Waals surface area (Å²) in [7, 11) is -3.16. The van der Waals surface area contributed by atoms with Crippen LogP contribution in [0.5, 0.6) is 0 Å². The van der Waals surface area contributed by atoms with Gasteiger partial charge in [-0.2, -0.15) is 5.10 Å². The number of aromatic nitrogens is 2. The number of sulfone groups is 1. The predicted octanol–water partition coefficient (Wildman–Crippen LogP) is 2.79. The van der Waals surface area contributed by atoms with Gasteiger partial charge in [0.25, 0.3) is 0 Å². The van der Waals surface area contributed by atoms with E-state index in [0.717, 1.165) is 6.07 Å². The van der Waals surface area contributed by atoms with Crippen LogP contribution in [0.3, 0.4) is 0 Å². The van der Waals surface area contributed by atoms with Gasteiger partial charge in [0.15, 0.2) is 9.84 Å². The SMILES string of the molecule is O=S1(=O)CCc2nn(-c3ccc(Cl)cc3F)c(Cl)c2C1. The van der Waals surface area contributed by atoms with E-state index >= 15 is 0 Å². The monoisotopic (exact) mass is 334 g/mol. The molecule has 0 aliphatic carbocycles. The Balaban J connectivity index is 2.15. The highest BCUT2D eigenvalue weighted by Gasteiger charge is 2.28. The van der Waals surface area contributed by atoms with E-state index in [1.54, 1.807) is 0 Å². The number of fused-ring (bicyclic) bond motifs is 1. The fraction of sp³-hybridized carbons (Fsp3) is 0.250. The Morgan fingerprint density at radius 2 is 2.05 bits per heavy atom. The minimum Gasteiger partial charge on any atom is -0.228 e. The Morgan fingerprint density at radius 1 is 1.30 bits per heavy atom. The summed E-state index contributed by atoms with van der Waals surface area (Å²) >= 11 is 11.9. The molecule has 0 N–H and O–H groups in total. The van der Waals surface area contributed by atoms with Gasteiger partial charge in [0, 0.05) is 17.0 Å². The highest BCUT2D eigenvalue weighted by molar-refractivity contribution is 7.90. The molecule has 1 aromatic carbocycles. The number of halogens is 3. The molecule has 0 unspecified atom stereocenters. The second-order valence-corrected chi connectivity index (χ2v) is 7.54. The first-order valence-electron chi connectivity index (χ1n) is 5.79. The van der Waals surface area contributed by atoms with Gasteiger partial charge in [-0.05, 0) is 18.2 Å². The summed E-state index contributed by atoms with van der Waals surface area (Å²) in [5, 5.41) is 4.61. The molecule has 0 saturated heterocycles. The third-order valence-corrected chi connectivity index (χ3v) is 5.33. The van der Waals surface area contributed by atoms with Crippen molar-refractivity contribution in [2.75, 3.05) is 5.75 Å². The molecule has 0 bridgehead atoms. The lowest BCUT2D eigenvalue weighted by atomic mass is 10.2. The zero-order valence-corrected chi connectivity index (χ0v) is 12.4. The third kappa shape index (κ3) is 2.32. The van der Waals surface area contributed by atoms with Gasteiger partial charge in [-0.1, -0.05) is 23.2 Å². The second kappa shape index (κ2) is 4.72. The maximum absolute atomic E-state index is 13.9. The van der Waals surface area contributed by atoms with Crippen LogP contribution in [0.1, 0.15) is 11.3 Å². The summed E-state index contributed by atoms with van der Waals surface area (Å²) in [6, 6.07) is 4.13. The molecule has 8 heteroatoms. The summed E-state index contributed by atoms with van der Waals surface area (Å²) in [5.41, 5.74) is 1.19. The molecular weight excluding hydrogens is 326 g/mol. The van der Waals surface area contributed by atoms with Gasteiger partial charge in [-0.3, -0.25) is 0 Å². The van der Waals surface area contributed by atoms with Crippen LogP contribution >= 0.6 is 23.2 Å². The van der Waals surface area contributed by atoms with Gasteiger partial charge in [-0.25, -0.2) is 17.5 Å². The van der Waals surface area contributed by atoms with Crippen molar-refractivity contribution < 1.29 is 12.8 Å². The number of hydrogen-bond donors (Lipinski definition) is 0. The van der Waals surface area contributed by atoms with Crippen LogP contribution in [-0.4, -0.2) is 24.0 Å². The molecule has 3 rings (SSSR count). The quantitative estimate of drug-likeness (QED) is 0.805. The van der Waals surface area contributed by atoms with Crippen LogP contribution in [0.4, 0.5) is 4.39 Å². The van der Waals surface area contributed by atoms with Gasteiger partial charge in [0.1, 0.15) is 16.7 Å². The number of rotatable bonds is 1. The molecule has 20 heavy (non-hydrogen) atoms. The third-order valence-electron chi connectivity index (χ3n) is 3.16. The van der Waals surface area contributed by atoms with Gasteiger partial charge in [0.05, 0.1) is 17.2 Å². The van der Waals surface area contributed by atoms with Crippen LogP contribution in [-0.2, 0) is 22.0 Å². The minimum atomic E-state index is -3.16. The lowest BCUT2D eigenvalue weighted by Gasteiger charge is -2.10. The molecule has 0 atom stereocenters. The molecule has 0 radical (unpaired) electrons. The first kappa shape index (κ1) is 13.9. The van der Waals surface area contributed by atoms with E-state index in [-0.39, 0.29) is 27.4 Å². The Hall–Kier alpha value is -1.11. The zero-order chi connectivity index (χ0) is 14.5. The van der Waals surface area contributed by atoms with E-state index < -0.39 is 15.7 Å². The molecule has 106 valence electrons. The van der Waals surface area contributed by atoms with Gasteiger partial charge < -0.3 is 0 Å². The van der Waals surface area contributed by atoms with E-state index in [4.69, 9.17) is 23.2 Å². The van der Waals surface area contributed by atoms with Crippen LogP contribution in [0, 0.1) is 5.82 Å². The number of nitrogens with zero attached hydrogens (tertiary/aromatic N) is 2. The second-order valence-electron chi connectivity index (χ2n) is 4.57. The van der Waals surface area contributed by atoms with E-state index in [1.807, 2.05) is 0 Å². The van der Waals surface area contributed by atoms with Crippen molar-refractivity contribution in [2.24, 2.45) is 0 Å². The van der Waals surface area contributed by atoms with Crippen molar-refractivity contribution in [3.05, 3.63) is 45.4 Å². The smallest absolute Gasteiger partial charge is 0.155 e. The molecule has 0 saturated carbocycles. The maximum atomic E-state index is 13.9. The van der Waals surface area contributed by atoms with Gasteiger partial charge in [-0.15, -0.1) is 0 Å². The fourth-order valence-corrected chi connectivity index (χ4v) is 4.11. The highest BCUT2D eigenvalue weighted by Crippen LogP contribution is 2.30. The number of aryl methyl sites for hydroxylation is 1. The highest BCUT2D eigenvalue weighted by atomic mass is 35.5. The van der Waals surface area contributed by atoms with Crippen molar-refractivity contribution in [1.29, 1.82) is 0 Å². The van der Waals surface area contributed by atoms with Crippen LogP contribution in [0.25, 0.3) is 5.69 Å². The summed E-state index contributed by atoms with van der Waals surface area (Å²) in [6.45, 7) is 0. The predicted molar refractivity (Wildman–Crippen MR) is 74.7 cm³/mol. The van der Waals surface area contributed by atoms with E-state index in [2.05, 4.69) is 5.10 Å². The molecule has 2 heterocycles. The van der Waals surface area contributed by atoms with Gasteiger partial charge >= 0.3 is 0 Å². The molecule has 4 nitrogen and oxygen atoms in total. The van der Waals surface area contributed by atoms with Crippen LogP contribution in [0.15, 0.2) is 18.2 Å². The Morgan fingerprint density at radius 3 is 2.75 bits per heavy atom. The summed E-state index contributed by atoms with van der Waals surface area (Å²) in [6.07, 6.45) is 0.291. The number of hydrogen-bond acceptors (Lipinski definition) is 3. The first-order valence-corrected chi connectivity index (χ1v) is 8.37. The van der Waals surface area contributed by atoms with Crippen molar-refractivity contribution in [2.45, 2.75) is 12.2 Å².